The Kier molecular flexibility index (Phi) is 3.18. The highest BCUT2D eigenvalue weighted by Gasteiger charge is 2.08. The number of alkyl halides is 1. The van der Waals surface area contributed by atoms with Crippen molar-refractivity contribution in [3.05, 3.63) is 31.7 Å². The number of benzene rings is 1. The summed E-state index contributed by atoms with van der Waals surface area (Å²) in [4.78, 5) is 0. The van der Waals surface area contributed by atoms with Crippen LogP contribution in [0.1, 0.15) is 5.56 Å². The number of rotatable bonds is 1. The van der Waals surface area contributed by atoms with Gasteiger partial charge < -0.3 is 0 Å². The quantitative estimate of drug-likeness (QED) is 0.474. The zero-order valence-corrected chi connectivity index (χ0v) is 11.8. The second-order valence-corrected chi connectivity index (χ2v) is 5.65. The van der Waals surface area contributed by atoms with Crippen LogP contribution in [0, 0.1) is 3.57 Å². The van der Waals surface area contributed by atoms with E-state index in [1.165, 1.54) is 13.7 Å². The molecule has 0 aliphatic carbocycles. The lowest BCUT2D eigenvalue weighted by molar-refractivity contribution is 1.46. The van der Waals surface area contributed by atoms with E-state index in [2.05, 4.69) is 56.0 Å². The van der Waals surface area contributed by atoms with Gasteiger partial charge in [-0.2, -0.15) is 0 Å². The van der Waals surface area contributed by atoms with Crippen LogP contribution in [-0.4, -0.2) is 0 Å². The molecule has 0 spiro atoms. The molecule has 1 aromatic heterocycles. The van der Waals surface area contributed by atoms with Gasteiger partial charge in [0.2, 0.25) is 0 Å². The molecule has 13 heavy (non-hydrogen) atoms. The molecule has 0 nitrogen and oxygen atoms in total. The minimum atomic E-state index is 0.813. The summed E-state index contributed by atoms with van der Waals surface area (Å²) in [5.74, 6) is 0. The van der Waals surface area contributed by atoms with E-state index in [-0.39, 0.29) is 0 Å². The van der Waals surface area contributed by atoms with Crippen LogP contribution in [0.4, 0.5) is 0 Å². The molecule has 0 saturated heterocycles. The zero-order valence-electron chi connectivity index (χ0n) is 6.48. The number of hydrogen-bond donors (Lipinski definition) is 0. The fourth-order valence-electron chi connectivity index (χ4n) is 1.22. The maximum absolute atomic E-state index is 6.23. The summed E-state index contributed by atoms with van der Waals surface area (Å²) in [6.45, 7) is 0. The molecule has 0 radical (unpaired) electrons. The molecule has 0 bridgehead atoms. The monoisotopic (exact) mass is 386 g/mol. The Balaban J connectivity index is 2.85. The molecule has 0 saturated carbocycles. The van der Waals surface area contributed by atoms with Gasteiger partial charge in [0.1, 0.15) is 0 Å². The van der Waals surface area contributed by atoms with Crippen molar-refractivity contribution in [2.45, 2.75) is 5.33 Å². The van der Waals surface area contributed by atoms with Gasteiger partial charge in [0.15, 0.2) is 0 Å². The van der Waals surface area contributed by atoms with Gasteiger partial charge in [0.05, 0.1) is 5.02 Å². The number of hydrogen-bond acceptors (Lipinski definition) is 1. The van der Waals surface area contributed by atoms with E-state index >= 15 is 0 Å². The summed E-state index contributed by atoms with van der Waals surface area (Å²) in [6.07, 6.45) is 0. The first-order chi connectivity index (χ1) is 6.24. The highest BCUT2D eigenvalue weighted by atomic mass is 127. The first-order valence-electron chi connectivity index (χ1n) is 3.64. The van der Waals surface area contributed by atoms with Crippen molar-refractivity contribution >= 4 is 71.5 Å². The maximum atomic E-state index is 6.23. The minimum absolute atomic E-state index is 0.813. The Hall–Kier alpha value is 0.680. The Morgan fingerprint density at radius 2 is 2.31 bits per heavy atom. The Morgan fingerprint density at radius 3 is 3.00 bits per heavy atom. The largest absolute Gasteiger partial charge is 0.143 e. The Bertz CT molecular complexity index is 452. The lowest BCUT2D eigenvalue weighted by Gasteiger charge is -2.03. The molecule has 0 aliphatic rings. The van der Waals surface area contributed by atoms with Crippen molar-refractivity contribution in [3.8, 4) is 0 Å². The van der Waals surface area contributed by atoms with Crippen molar-refractivity contribution in [1.82, 2.24) is 0 Å². The molecular weight excluding hydrogens is 382 g/mol. The highest BCUT2D eigenvalue weighted by Crippen LogP contribution is 2.35. The lowest BCUT2D eigenvalue weighted by Crippen LogP contribution is -1.82. The van der Waals surface area contributed by atoms with Crippen LogP contribution in [0.2, 0.25) is 5.02 Å². The van der Waals surface area contributed by atoms with E-state index in [1.54, 1.807) is 11.3 Å². The molecule has 2 rings (SSSR count). The minimum Gasteiger partial charge on any atom is -0.143 e. The number of fused-ring (bicyclic) bond motifs is 1. The molecule has 2 aromatic rings. The fourth-order valence-corrected chi connectivity index (χ4v) is 4.01. The molecule has 1 heterocycles. The fraction of sp³-hybridized carbons (Fsp3) is 0.111. The highest BCUT2D eigenvalue weighted by molar-refractivity contribution is 14.1. The van der Waals surface area contributed by atoms with Gasteiger partial charge in [-0.25, -0.2) is 0 Å². The van der Waals surface area contributed by atoms with Gasteiger partial charge >= 0.3 is 0 Å². The topological polar surface area (TPSA) is 0 Å². The molecule has 68 valence electrons. The predicted octanol–water partition coefficient (Wildman–Crippen LogP) is 5.05. The number of thiophene rings is 1. The summed E-state index contributed by atoms with van der Waals surface area (Å²) >= 11 is 13.8. The summed E-state index contributed by atoms with van der Waals surface area (Å²) in [5.41, 5.74) is 1.16. The van der Waals surface area contributed by atoms with Crippen LogP contribution < -0.4 is 0 Å². The van der Waals surface area contributed by atoms with Crippen molar-refractivity contribution in [2.75, 3.05) is 0 Å². The third-order valence-corrected chi connectivity index (χ3v) is 5.06. The first kappa shape index (κ1) is 10.2. The van der Waals surface area contributed by atoms with Gasteiger partial charge in [-0.3, -0.25) is 0 Å². The van der Waals surface area contributed by atoms with Crippen LogP contribution in [0.25, 0.3) is 10.1 Å². The van der Waals surface area contributed by atoms with Crippen molar-refractivity contribution in [3.63, 3.8) is 0 Å². The average molecular weight is 387 g/mol. The van der Waals surface area contributed by atoms with Crippen molar-refractivity contribution < 1.29 is 0 Å². The molecule has 0 atom stereocenters. The van der Waals surface area contributed by atoms with Gasteiger partial charge in [-0.15, -0.1) is 11.3 Å². The van der Waals surface area contributed by atoms with Crippen molar-refractivity contribution in [2.24, 2.45) is 0 Å². The third-order valence-electron chi connectivity index (χ3n) is 1.85. The molecule has 0 N–H and O–H groups in total. The van der Waals surface area contributed by atoms with Gasteiger partial charge in [0, 0.05) is 19.0 Å². The zero-order chi connectivity index (χ0) is 9.42. The second-order valence-electron chi connectivity index (χ2n) is 2.63. The predicted molar refractivity (Wildman–Crippen MR) is 72.2 cm³/mol. The standard InChI is InChI=1S/C9H5BrClIS/c10-4-5-3-7(12)9-6(8(5)11)1-2-13-9/h1-3H,4H2. The van der Waals surface area contributed by atoms with Gasteiger partial charge in [-0.1, -0.05) is 27.5 Å². The molecule has 1 aromatic carbocycles. The molecular formula is C9H5BrClIS. The summed E-state index contributed by atoms with van der Waals surface area (Å²) in [5, 5.41) is 4.95. The molecule has 0 amide bonds. The summed E-state index contributed by atoms with van der Waals surface area (Å²) in [6, 6.07) is 4.22. The third kappa shape index (κ3) is 1.76. The Labute approximate surface area is 108 Å². The number of halogens is 3. The van der Waals surface area contributed by atoms with E-state index in [0.717, 1.165) is 15.9 Å². The first-order valence-corrected chi connectivity index (χ1v) is 7.10. The SMILES string of the molecule is Clc1c(CBr)cc(I)c2sccc12. The Morgan fingerprint density at radius 1 is 1.54 bits per heavy atom. The smallest absolute Gasteiger partial charge is 0.0534 e. The molecule has 0 unspecified atom stereocenters. The van der Waals surface area contributed by atoms with Crippen LogP contribution in [0.15, 0.2) is 17.5 Å². The van der Waals surface area contributed by atoms with Crippen LogP contribution in [-0.2, 0) is 5.33 Å². The molecule has 0 fully saturated rings. The van der Waals surface area contributed by atoms with Crippen LogP contribution >= 0.6 is 61.5 Å². The summed E-state index contributed by atoms with van der Waals surface area (Å²) < 4.78 is 2.57. The molecule has 0 aliphatic heterocycles. The van der Waals surface area contributed by atoms with E-state index in [4.69, 9.17) is 11.6 Å². The normalized spacial score (nSPS) is 11.0. The van der Waals surface area contributed by atoms with Crippen LogP contribution in [0.3, 0.4) is 0 Å². The average Bonchev–Trinajstić information content (AvgIpc) is 2.60. The van der Waals surface area contributed by atoms with E-state index < -0.39 is 0 Å². The van der Waals surface area contributed by atoms with E-state index in [0.29, 0.717) is 0 Å². The van der Waals surface area contributed by atoms with E-state index in [1.807, 2.05) is 0 Å². The van der Waals surface area contributed by atoms with Gasteiger partial charge in [-0.05, 0) is 45.7 Å². The van der Waals surface area contributed by atoms with Gasteiger partial charge in [0.25, 0.3) is 0 Å². The lowest BCUT2D eigenvalue weighted by atomic mass is 10.2. The summed E-state index contributed by atoms with van der Waals surface area (Å²) in [7, 11) is 0. The van der Waals surface area contributed by atoms with Crippen molar-refractivity contribution in [1.29, 1.82) is 0 Å². The van der Waals surface area contributed by atoms with E-state index in [9.17, 15) is 0 Å². The van der Waals surface area contributed by atoms with Crippen LogP contribution in [0.5, 0.6) is 0 Å². The molecule has 4 heteroatoms. The second kappa shape index (κ2) is 4.04. The maximum Gasteiger partial charge on any atom is 0.0534 e.